The van der Waals surface area contributed by atoms with Gasteiger partial charge in [-0.05, 0) is 20.8 Å². The first kappa shape index (κ1) is 12.6. The van der Waals surface area contributed by atoms with Crippen molar-refractivity contribution in [3.05, 3.63) is 12.3 Å². The Morgan fingerprint density at radius 3 is 2.29 bits per heavy atom. The molecule has 0 heterocycles. The third-order valence-corrected chi connectivity index (χ3v) is 1.36. The fraction of sp³-hybridized carbons (Fsp3) is 0.667. The van der Waals surface area contributed by atoms with E-state index in [1.54, 1.807) is 7.05 Å². The van der Waals surface area contributed by atoms with Crippen LogP contribution in [0.15, 0.2) is 22.6 Å². The molecule has 1 amide bonds. The second-order valence-corrected chi connectivity index (χ2v) is 3.96. The summed E-state index contributed by atoms with van der Waals surface area (Å²) in [4.78, 5) is 11.5. The Labute approximate surface area is 84.9 Å². The molecular formula is C9H18N4O. The molecule has 0 atom stereocenters. The van der Waals surface area contributed by atoms with Gasteiger partial charge in [-0.3, -0.25) is 4.79 Å². The molecule has 0 spiro atoms. The minimum Gasteiger partial charge on any atom is -0.346 e. The molecule has 5 nitrogen and oxygen atoms in total. The molecule has 1 N–H and O–H groups in total. The van der Waals surface area contributed by atoms with Crippen LogP contribution in [0.3, 0.4) is 0 Å². The first-order valence-corrected chi connectivity index (χ1v) is 4.33. The van der Waals surface area contributed by atoms with Crippen molar-refractivity contribution in [3.8, 4) is 0 Å². The molecule has 80 valence electrons. The zero-order valence-corrected chi connectivity index (χ0v) is 9.46. The van der Waals surface area contributed by atoms with Gasteiger partial charge in [-0.2, -0.15) is 5.11 Å². The predicted octanol–water partition coefficient (Wildman–Crippen LogP) is 1.34. The summed E-state index contributed by atoms with van der Waals surface area (Å²) in [6.45, 7) is 9.32. The first-order valence-electron chi connectivity index (χ1n) is 4.33. The summed E-state index contributed by atoms with van der Waals surface area (Å²) in [5, 5.41) is 11.3. The Kier molecular flexibility index (Phi) is 4.27. The molecule has 0 bridgehead atoms. The average molecular weight is 198 g/mol. The maximum absolute atomic E-state index is 11.5. The van der Waals surface area contributed by atoms with Crippen LogP contribution in [0.5, 0.6) is 0 Å². The van der Waals surface area contributed by atoms with Crippen LogP contribution in [0.25, 0.3) is 0 Å². The Balaban J connectivity index is 4.34. The van der Waals surface area contributed by atoms with Gasteiger partial charge in [0, 0.05) is 12.6 Å². The molecule has 0 aliphatic rings. The van der Waals surface area contributed by atoms with Crippen LogP contribution in [0.1, 0.15) is 20.8 Å². The highest BCUT2D eigenvalue weighted by atomic mass is 16.2. The molecule has 5 heteroatoms. The summed E-state index contributed by atoms with van der Waals surface area (Å²) in [6, 6.07) is 0. The minimum absolute atomic E-state index is 0.243. The SMILES string of the molecule is C=C(C(=O)NC(C)(C)C)N(C)N=NC. The van der Waals surface area contributed by atoms with Crippen LogP contribution >= 0.6 is 0 Å². The fourth-order valence-corrected chi connectivity index (χ4v) is 0.748. The molecule has 0 unspecified atom stereocenters. The van der Waals surface area contributed by atoms with Gasteiger partial charge in [0.1, 0.15) is 5.70 Å². The second kappa shape index (κ2) is 4.74. The van der Waals surface area contributed by atoms with E-state index in [1.807, 2.05) is 20.8 Å². The highest BCUT2D eigenvalue weighted by Crippen LogP contribution is 2.04. The number of amides is 1. The normalized spacial score (nSPS) is 11.5. The molecule has 0 saturated heterocycles. The van der Waals surface area contributed by atoms with Gasteiger partial charge < -0.3 is 5.32 Å². The predicted molar refractivity (Wildman–Crippen MR) is 55.6 cm³/mol. The van der Waals surface area contributed by atoms with Crippen molar-refractivity contribution < 1.29 is 4.79 Å². The summed E-state index contributed by atoms with van der Waals surface area (Å²) in [5.41, 5.74) is -0.00459. The molecule has 14 heavy (non-hydrogen) atoms. The van der Waals surface area contributed by atoms with Gasteiger partial charge in [0.2, 0.25) is 0 Å². The summed E-state index contributed by atoms with van der Waals surface area (Å²) < 4.78 is 0. The molecule has 0 fully saturated rings. The number of carbonyl (C=O) groups is 1. The van der Waals surface area contributed by atoms with E-state index in [0.29, 0.717) is 0 Å². The summed E-state index contributed by atoms with van der Waals surface area (Å²) in [5.74, 6) is -0.243. The molecule has 0 rings (SSSR count). The van der Waals surface area contributed by atoms with E-state index in [9.17, 15) is 4.79 Å². The fourth-order valence-electron chi connectivity index (χ4n) is 0.748. The Hall–Kier alpha value is -1.39. The molecule has 0 radical (unpaired) electrons. The summed E-state index contributed by atoms with van der Waals surface area (Å²) >= 11 is 0. The van der Waals surface area contributed by atoms with Crippen molar-refractivity contribution in [1.29, 1.82) is 0 Å². The summed E-state index contributed by atoms with van der Waals surface area (Å²) in [6.07, 6.45) is 0. The third-order valence-electron chi connectivity index (χ3n) is 1.36. The topological polar surface area (TPSA) is 57.1 Å². The smallest absolute Gasteiger partial charge is 0.269 e. The molecule has 0 aromatic heterocycles. The van der Waals surface area contributed by atoms with Gasteiger partial charge in [-0.1, -0.05) is 11.8 Å². The number of hydrogen-bond acceptors (Lipinski definition) is 3. The van der Waals surface area contributed by atoms with Crippen LogP contribution in [0.4, 0.5) is 0 Å². The maximum Gasteiger partial charge on any atom is 0.269 e. The first-order chi connectivity index (χ1) is 6.28. The number of hydrogen-bond donors (Lipinski definition) is 1. The van der Waals surface area contributed by atoms with Crippen LogP contribution in [-0.2, 0) is 4.79 Å². The van der Waals surface area contributed by atoms with E-state index in [1.165, 1.54) is 12.1 Å². The van der Waals surface area contributed by atoms with Crippen molar-refractivity contribution in [2.75, 3.05) is 14.1 Å². The average Bonchev–Trinajstić information content (AvgIpc) is 2.00. The van der Waals surface area contributed by atoms with Gasteiger partial charge in [0.25, 0.3) is 5.91 Å². The lowest BCUT2D eigenvalue weighted by Crippen LogP contribution is -2.43. The molecule has 0 aliphatic carbocycles. The number of nitrogens with one attached hydrogen (secondary N) is 1. The lowest BCUT2D eigenvalue weighted by atomic mass is 10.1. The third kappa shape index (κ3) is 4.59. The lowest BCUT2D eigenvalue weighted by Gasteiger charge is -2.22. The van der Waals surface area contributed by atoms with Gasteiger partial charge >= 0.3 is 0 Å². The molecular weight excluding hydrogens is 180 g/mol. The van der Waals surface area contributed by atoms with Gasteiger partial charge in [0.15, 0.2) is 0 Å². The molecule has 0 aliphatic heterocycles. The maximum atomic E-state index is 11.5. The highest BCUT2D eigenvalue weighted by Gasteiger charge is 2.18. The molecule has 0 saturated carbocycles. The zero-order valence-electron chi connectivity index (χ0n) is 9.46. The van der Waals surface area contributed by atoms with E-state index >= 15 is 0 Å². The standard InChI is InChI=1S/C9H18N4O/c1-7(13(6)12-10-5)8(14)11-9(2,3)4/h1H2,2-6H3,(H,11,14). The Bertz CT molecular complexity index is 252. The van der Waals surface area contributed by atoms with Crippen LogP contribution in [-0.4, -0.2) is 30.6 Å². The van der Waals surface area contributed by atoms with Gasteiger partial charge in [-0.15, -0.1) is 0 Å². The van der Waals surface area contributed by atoms with E-state index in [-0.39, 0.29) is 17.1 Å². The zero-order chi connectivity index (χ0) is 11.4. The van der Waals surface area contributed by atoms with Crippen LogP contribution in [0, 0.1) is 0 Å². The number of nitrogens with zero attached hydrogens (tertiary/aromatic N) is 3. The van der Waals surface area contributed by atoms with E-state index in [2.05, 4.69) is 22.2 Å². The van der Waals surface area contributed by atoms with E-state index < -0.39 is 0 Å². The summed E-state index contributed by atoms with van der Waals surface area (Å²) in [7, 11) is 3.16. The van der Waals surface area contributed by atoms with Crippen molar-refractivity contribution >= 4 is 5.91 Å². The number of rotatable bonds is 3. The quantitative estimate of drug-likeness (QED) is 0.422. The largest absolute Gasteiger partial charge is 0.346 e. The van der Waals surface area contributed by atoms with Crippen LogP contribution in [0.2, 0.25) is 0 Å². The van der Waals surface area contributed by atoms with Crippen LogP contribution < -0.4 is 5.32 Å². The number of likely N-dealkylation sites (N-methyl/N-ethyl adjacent to an activating group) is 1. The Morgan fingerprint density at radius 1 is 1.43 bits per heavy atom. The minimum atomic E-state index is -0.274. The lowest BCUT2D eigenvalue weighted by molar-refractivity contribution is -0.120. The molecule has 0 aromatic rings. The number of carbonyl (C=O) groups excluding carboxylic acids is 1. The van der Waals surface area contributed by atoms with Crippen molar-refractivity contribution in [3.63, 3.8) is 0 Å². The van der Waals surface area contributed by atoms with Crippen molar-refractivity contribution in [2.45, 2.75) is 26.3 Å². The van der Waals surface area contributed by atoms with Crippen molar-refractivity contribution in [2.24, 2.45) is 10.3 Å². The van der Waals surface area contributed by atoms with E-state index in [0.717, 1.165) is 0 Å². The monoisotopic (exact) mass is 198 g/mol. The van der Waals surface area contributed by atoms with E-state index in [4.69, 9.17) is 0 Å². The molecule has 0 aromatic carbocycles. The Morgan fingerprint density at radius 2 is 1.93 bits per heavy atom. The van der Waals surface area contributed by atoms with Crippen molar-refractivity contribution in [1.82, 2.24) is 10.3 Å². The second-order valence-electron chi connectivity index (χ2n) is 3.96. The van der Waals surface area contributed by atoms with Gasteiger partial charge in [-0.25, -0.2) is 5.01 Å². The highest BCUT2D eigenvalue weighted by molar-refractivity contribution is 5.92. The van der Waals surface area contributed by atoms with Gasteiger partial charge in [0.05, 0.1) is 7.05 Å².